The van der Waals surface area contributed by atoms with Gasteiger partial charge in [0.15, 0.2) is 0 Å². The molecule has 0 spiro atoms. The Morgan fingerprint density at radius 1 is 1.44 bits per heavy atom. The van der Waals surface area contributed by atoms with Gasteiger partial charge in [0.1, 0.15) is 0 Å². The van der Waals surface area contributed by atoms with E-state index in [1.54, 1.807) is 4.68 Å². The lowest BCUT2D eigenvalue weighted by Crippen LogP contribution is -2.35. The quantitative estimate of drug-likeness (QED) is 0.797. The Hall–Kier alpha value is -0.910. The van der Waals surface area contributed by atoms with E-state index in [1.165, 1.54) is 25.9 Å². The third kappa shape index (κ3) is 3.80. The maximum absolute atomic E-state index is 6.18. The van der Waals surface area contributed by atoms with Crippen molar-refractivity contribution in [3.63, 3.8) is 0 Å². The van der Waals surface area contributed by atoms with Crippen LogP contribution in [0.2, 0.25) is 0 Å². The molecule has 102 valence electrons. The first-order valence-corrected chi connectivity index (χ1v) is 6.80. The standard InChI is InChI=1S/C13H25N5/c1-16(7-8-18-5-3-4-6-18)11-13(14)12-9-15-17(2)10-12/h9-10,13H,3-8,11,14H2,1-2H3. The highest BCUT2D eigenvalue weighted by atomic mass is 15.2. The first-order valence-electron chi connectivity index (χ1n) is 6.80. The smallest absolute Gasteiger partial charge is 0.0537 e. The fraction of sp³-hybridized carbons (Fsp3) is 0.769. The molecule has 0 amide bonds. The molecule has 1 aromatic rings. The molecule has 2 heterocycles. The minimum atomic E-state index is 0.0577. The summed E-state index contributed by atoms with van der Waals surface area (Å²) in [5.41, 5.74) is 7.30. The van der Waals surface area contributed by atoms with E-state index in [2.05, 4.69) is 21.9 Å². The monoisotopic (exact) mass is 251 g/mol. The molecule has 0 aromatic carbocycles. The molecule has 1 saturated heterocycles. The molecule has 1 fully saturated rings. The second-order valence-corrected chi connectivity index (χ2v) is 5.36. The van der Waals surface area contributed by atoms with Crippen LogP contribution in [0.3, 0.4) is 0 Å². The van der Waals surface area contributed by atoms with E-state index in [0.717, 1.165) is 25.2 Å². The lowest BCUT2D eigenvalue weighted by atomic mass is 10.1. The van der Waals surface area contributed by atoms with Crippen LogP contribution in [0.1, 0.15) is 24.4 Å². The number of nitrogens with two attached hydrogens (primary N) is 1. The summed E-state index contributed by atoms with van der Waals surface area (Å²) in [6.45, 7) is 5.68. The van der Waals surface area contributed by atoms with Crippen molar-refractivity contribution in [1.82, 2.24) is 19.6 Å². The molecule has 1 aromatic heterocycles. The molecule has 2 rings (SSSR count). The van der Waals surface area contributed by atoms with Crippen molar-refractivity contribution in [3.05, 3.63) is 18.0 Å². The predicted octanol–water partition coefficient (Wildman–Crippen LogP) is 0.448. The second kappa shape index (κ2) is 6.31. The maximum atomic E-state index is 6.18. The summed E-state index contributed by atoms with van der Waals surface area (Å²) >= 11 is 0. The first kappa shape index (κ1) is 13.5. The van der Waals surface area contributed by atoms with Crippen LogP contribution < -0.4 is 5.73 Å². The molecule has 1 unspecified atom stereocenters. The highest BCUT2D eigenvalue weighted by molar-refractivity contribution is 5.09. The number of nitrogens with zero attached hydrogens (tertiary/aromatic N) is 4. The highest BCUT2D eigenvalue weighted by Crippen LogP contribution is 2.10. The van der Waals surface area contributed by atoms with Gasteiger partial charge in [0.25, 0.3) is 0 Å². The van der Waals surface area contributed by atoms with E-state index in [1.807, 2.05) is 19.4 Å². The van der Waals surface area contributed by atoms with Gasteiger partial charge >= 0.3 is 0 Å². The molecular weight excluding hydrogens is 226 g/mol. The van der Waals surface area contributed by atoms with Crippen molar-refractivity contribution in [3.8, 4) is 0 Å². The van der Waals surface area contributed by atoms with Gasteiger partial charge in [-0.1, -0.05) is 0 Å². The Morgan fingerprint density at radius 2 is 2.17 bits per heavy atom. The zero-order chi connectivity index (χ0) is 13.0. The number of rotatable bonds is 6. The van der Waals surface area contributed by atoms with Crippen molar-refractivity contribution < 1.29 is 0 Å². The van der Waals surface area contributed by atoms with Crippen LogP contribution in [-0.4, -0.2) is 59.4 Å². The molecule has 2 N–H and O–H groups in total. The third-order valence-corrected chi connectivity index (χ3v) is 3.66. The second-order valence-electron chi connectivity index (χ2n) is 5.36. The number of likely N-dealkylation sites (N-methyl/N-ethyl adjacent to an activating group) is 1. The van der Waals surface area contributed by atoms with Gasteiger partial charge in [-0.25, -0.2) is 0 Å². The van der Waals surface area contributed by atoms with Crippen LogP contribution >= 0.6 is 0 Å². The van der Waals surface area contributed by atoms with Crippen LogP contribution in [0.25, 0.3) is 0 Å². The lowest BCUT2D eigenvalue weighted by Gasteiger charge is -2.23. The average Bonchev–Trinajstić information content (AvgIpc) is 2.97. The average molecular weight is 251 g/mol. The Labute approximate surface area is 110 Å². The summed E-state index contributed by atoms with van der Waals surface area (Å²) in [7, 11) is 4.07. The van der Waals surface area contributed by atoms with Gasteiger partial charge in [-0.05, 0) is 33.0 Å². The highest BCUT2D eigenvalue weighted by Gasteiger charge is 2.14. The van der Waals surface area contributed by atoms with E-state index < -0.39 is 0 Å². The Morgan fingerprint density at radius 3 is 2.78 bits per heavy atom. The maximum Gasteiger partial charge on any atom is 0.0537 e. The van der Waals surface area contributed by atoms with E-state index in [-0.39, 0.29) is 6.04 Å². The SMILES string of the molecule is CN(CCN1CCCC1)CC(N)c1cnn(C)c1. The summed E-state index contributed by atoms with van der Waals surface area (Å²) in [6, 6.07) is 0.0577. The fourth-order valence-corrected chi connectivity index (χ4v) is 2.48. The topological polar surface area (TPSA) is 50.3 Å². The molecule has 0 saturated carbocycles. The molecule has 0 aliphatic carbocycles. The van der Waals surface area contributed by atoms with Crippen LogP contribution in [0.15, 0.2) is 12.4 Å². The van der Waals surface area contributed by atoms with Gasteiger partial charge in [0.2, 0.25) is 0 Å². The number of likely N-dealkylation sites (tertiary alicyclic amines) is 1. The Kier molecular flexibility index (Phi) is 4.74. The molecule has 18 heavy (non-hydrogen) atoms. The number of aryl methyl sites for hydroxylation is 1. The zero-order valence-electron chi connectivity index (χ0n) is 11.5. The van der Waals surface area contributed by atoms with Crippen LogP contribution in [0.5, 0.6) is 0 Å². The Balaban J connectivity index is 1.71. The lowest BCUT2D eigenvalue weighted by molar-refractivity contribution is 0.248. The first-order chi connectivity index (χ1) is 8.65. The zero-order valence-corrected chi connectivity index (χ0v) is 11.5. The summed E-state index contributed by atoms with van der Waals surface area (Å²) in [5.74, 6) is 0. The van der Waals surface area contributed by atoms with Crippen LogP contribution in [0.4, 0.5) is 0 Å². The summed E-state index contributed by atoms with van der Waals surface area (Å²) in [6.07, 6.45) is 6.58. The molecule has 0 bridgehead atoms. The van der Waals surface area contributed by atoms with Crippen molar-refractivity contribution in [2.45, 2.75) is 18.9 Å². The van der Waals surface area contributed by atoms with E-state index in [0.29, 0.717) is 0 Å². The molecule has 1 aliphatic rings. The van der Waals surface area contributed by atoms with Gasteiger partial charge in [0.05, 0.1) is 6.20 Å². The van der Waals surface area contributed by atoms with E-state index in [9.17, 15) is 0 Å². The number of hydrogen-bond acceptors (Lipinski definition) is 4. The van der Waals surface area contributed by atoms with Crippen LogP contribution in [0, 0.1) is 0 Å². The van der Waals surface area contributed by atoms with E-state index >= 15 is 0 Å². The number of hydrogen-bond donors (Lipinski definition) is 1. The normalized spacial score (nSPS) is 18.7. The van der Waals surface area contributed by atoms with E-state index in [4.69, 9.17) is 5.73 Å². The summed E-state index contributed by atoms with van der Waals surface area (Å²) in [4.78, 5) is 4.85. The summed E-state index contributed by atoms with van der Waals surface area (Å²) in [5, 5.41) is 4.16. The molecule has 0 radical (unpaired) electrons. The minimum absolute atomic E-state index is 0.0577. The fourth-order valence-electron chi connectivity index (χ4n) is 2.48. The van der Waals surface area contributed by atoms with Crippen molar-refractivity contribution in [1.29, 1.82) is 0 Å². The van der Waals surface area contributed by atoms with Gasteiger partial charge in [-0.2, -0.15) is 5.10 Å². The van der Waals surface area contributed by atoms with Gasteiger partial charge in [-0.3, -0.25) is 4.68 Å². The molecular formula is C13H25N5. The molecule has 1 aliphatic heterocycles. The van der Waals surface area contributed by atoms with Crippen molar-refractivity contribution in [2.75, 3.05) is 39.8 Å². The molecule has 5 heteroatoms. The molecule has 1 atom stereocenters. The molecule has 5 nitrogen and oxygen atoms in total. The predicted molar refractivity (Wildman–Crippen MR) is 73.3 cm³/mol. The summed E-state index contributed by atoms with van der Waals surface area (Å²) < 4.78 is 1.80. The van der Waals surface area contributed by atoms with Crippen LogP contribution in [-0.2, 0) is 7.05 Å². The van der Waals surface area contributed by atoms with Gasteiger partial charge < -0.3 is 15.5 Å². The third-order valence-electron chi connectivity index (χ3n) is 3.66. The Bertz CT molecular complexity index is 356. The number of aromatic nitrogens is 2. The minimum Gasteiger partial charge on any atom is -0.323 e. The largest absolute Gasteiger partial charge is 0.323 e. The van der Waals surface area contributed by atoms with Crippen molar-refractivity contribution in [2.24, 2.45) is 12.8 Å². The van der Waals surface area contributed by atoms with Crippen molar-refractivity contribution >= 4 is 0 Å². The van der Waals surface area contributed by atoms with Gasteiger partial charge in [0, 0.05) is 44.5 Å². The van der Waals surface area contributed by atoms with Gasteiger partial charge in [-0.15, -0.1) is 0 Å².